The number of aliphatic imine (C=N–C) groups is 2. The van der Waals surface area contributed by atoms with E-state index in [4.69, 9.17) is 0 Å². The van der Waals surface area contributed by atoms with Gasteiger partial charge in [-0.2, -0.15) is 0 Å². The van der Waals surface area contributed by atoms with Crippen molar-refractivity contribution >= 4 is 11.7 Å². The molecule has 0 bridgehead atoms. The minimum absolute atomic E-state index is 0.934. The number of hydrogen-bond acceptors (Lipinski definition) is 4. The zero-order valence-electron chi connectivity index (χ0n) is 8.55. The minimum Gasteiger partial charge on any atom is -0.367 e. The molecule has 0 spiro atoms. The van der Waals surface area contributed by atoms with Crippen LogP contribution < -0.4 is 10.6 Å². The highest BCUT2D eigenvalue weighted by atomic mass is 15.1. The van der Waals surface area contributed by atoms with Crippen molar-refractivity contribution in [2.24, 2.45) is 9.98 Å². The summed E-state index contributed by atoms with van der Waals surface area (Å²) in [5.74, 6) is 1.95. The number of hydrogen-bond donors (Lipinski definition) is 2. The molecule has 78 valence electrons. The summed E-state index contributed by atoms with van der Waals surface area (Å²) in [7, 11) is 0. The second-order valence-electron chi connectivity index (χ2n) is 3.73. The van der Waals surface area contributed by atoms with Gasteiger partial charge in [0, 0.05) is 26.2 Å². The van der Waals surface area contributed by atoms with Gasteiger partial charge in [0.25, 0.3) is 0 Å². The van der Waals surface area contributed by atoms with Gasteiger partial charge in [-0.05, 0) is 25.7 Å². The third kappa shape index (κ3) is 2.47. The van der Waals surface area contributed by atoms with Crippen molar-refractivity contribution < 1.29 is 0 Å². The van der Waals surface area contributed by atoms with E-state index in [9.17, 15) is 0 Å². The monoisotopic (exact) mass is 194 g/mol. The molecule has 2 heterocycles. The molecule has 0 unspecified atom stereocenters. The van der Waals surface area contributed by atoms with E-state index in [-0.39, 0.29) is 0 Å². The van der Waals surface area contributed by atoms with Gasteiger partial charge in [0.2, 0.25) is 0 Å². The number of nitrogens with one attached hydrogen (secondary N) is 2. The fourth-order valence-corrected chi connectivity index (χ4v) is 1.70. The molecule has 2 aliphatic rings. The predicted molar refractivity (Wildman–Crippen MR) is 59.1 cm³/mol. The fraction of sp³-hybridized carbons (Fsp3) is 0.800. The third-order valence-electron chi connectivity index (χ3n) is 2.52. The fourth-order valence-electron chi connectivity index (χ4n) is 1.70. The zero-order valence-corrected chi connectivity index (χ0v) is 8.55. The largest absolute Gasteiger partial charge is 0.367 e. The summed E-state index contributed by atoms with van der Waals surface area (Å²) in [5.41, 5.74) is 0. The summed E-state index contributed by atoms with van der Waals surface area (Å²) >= 11 is 0. The highest BCUT2D eigenvalue weighted by Gasteiger charge is 2.11. The van der Waals surface area contributed by atoms with E-state index in [0.717, 1.165) is 37.9 Å². The van der Waals surface area contributed by atoms with Crippen LogP contribution >= 0.6 is 0 Å². The molecule has 2 rings (SSSR count). The summed E-state index contributed by atoms with van der Waals surface area (Å²) < 4.78 is 0. The van der Waals surface area contributed by atoms with Crippen LogP contribution in [-0.4, -0.2) is 37.9 Å². The molecule has 2 aliphatic heterocycles. The molecule has 0 amide bonds. The maximum absolute atomic E-state index is 4.50. The Hall–Kier alpha value is -1.06. The van der Waals surface area contributed by atoms with Crippen molar-refractivity contribution in [1.29, 1.82) is 0 Å². The van der Waals surface area contributed by atoms with Gasteiger partial charge in [0.05, 0.1) is 0 Å². The zero-order chi connectivity index (χ0) is 9.64. The van der Waals surface area contributed by atoms with Crippen molar-refractivity contribution in [3.63, 3.8) is 0 Å². The molecule has 0 fully saturated rings. The summed E-state index contributed by atoms with van der Waals surface area (Å²) in [6, 6.07) is 0. The van der Waals surface area contributed by atoms with Gasteiger partial charge in [-0.15, -0.1) is 0 Å². The van der Waals surface area contributed by atoms with Gasteiger partial charge in [0.1, 0.15) is 0 Å². The average molecular weight is 194 g/mol. The normalized spacial score (nSPS) is 23.4. The van der Waals surface area contributed by atoms with Crippen LogP contribution in [0.3, 0.4) is 0 Å². The molecule has 0 aliphatic carbocycles. The Morgan fingerprint density at radius 1 is 0.714 bits per heavy atom. The van der Waals surface area contributed by atoms with Gasteiger partial charge in [-0.3, -0.25) is 9.98 Å². The first-order chi connectivity index (χ1) is 6.97. The van der Waals surface area contributed by atoms with Crippen LogP contribution in [0.1, 0.15) is 25.7 Å². The Morgan fingerprint density at radius 2 is 1.21 bits per heavy atom. The van der Waals surface area contributed by atoms with E-state index in [0.29, 0.717) is 0 Å². The second-order valence-corrected chi connectivity index (χ2v) is 3.73. The molecule has 4 nitrogen and oxygen atoms in total. The van der Waals surface area contributed by atoms with Crippen molar-refractivity contribution in [2.75, 3.05) is 26.2 Å². The van der Waals surface area contributed by atoms with Crippen LogP contribution in [0, 0.1) is 0 Å². The summed E-state index contributed by atoms with van der Waals surface area (Å²) in [6.45, 7) is 3.92. The van der Waals surface area contributed by atoms with Gasteiger partial charge >= 0.3 is 0 Å². The van der Waals surface area contributed by atoms with E-state index in [1.54, 1.807) is 0 Å². The molecular formula is C10H18N4. The van der Waals surface area contributed by atoms with Gasteiger partial charge in [-0.1, -0.05) is 0 Å². The summed E-state index contributed by atoms with van der Waals surface area (Å²) in [5, 5.41) is 6.67. The Bertz CT molecular complexity index is 219. The van der Waals surface area contributed by atoms with E-state index in [1.807, 2.05) is 0 Å². The van der Waals surface area contributed by atoms with Crippen molar-refractivity contribution in [3.05, 3.63) is 0 Å². The molecule has 14 heavy (non-hydrogen) atoms. The molecule has 0 aromatic rings. The van der Waals surface area contributed by atoms with Crippen LogP contribution in [0.2, 0.25) is 0 Å². The quantitative estimate of drug-likeness (QED) is 0.640. The standard InChI is InChI=1S/C10H18N4/c1-2-6-12-9(11-5-1)10-13-7-3-4-8-14-10/h1-8H2,(H,11,12)(H,13,14). The molecule has 0 aromatic carbocycles. The SMILES string of the molecule is C1CCNC(C2=NCCCCN2)=NC1. The molecule has 4 heteroatoms. The van der Waals surface area contributed by atoms with E-state index in [1.165, 1.54) is 25.7 Å². The molecule has 0 radical (unpaired) electrons. The van der Waals surface area contributed by atoms with Crippen LogP contribution in [0.4, 0.5) is 0 Å². The molecule has 0 saturated carbocycles. The van der Waals surface area contributed by atoms with Crippen LogP contribution in [0.15, 0.2) is 9.98 Å². The molecule has 0 saturated heterocycles. The molecule has 0 atom stereocenters. The summed E-state index contributed by atoms with van der Waals surface area (Å²) in [4.78, 5) is 9.00. The average Bonchev–Trinajstić information content (AvgIpc) is 2.62. The van der Waals surface area contributed by atoms with Crippen LogP contribution in [-0.2, 0) is 0 Å². The Labute approximate surface area is 84.9 Å². The topological polar surface area (TPSA) is 48.8 Å². The Balaban J connectivity index is 2.03. The smallest absolute Gasteiger partial charge is 0.164 e. The highest BCUT2D eigenvalue weighted by molar-refractivity contribution is 6.40. The lowest BCUT2D eigenvalue weighted by Crippen LogP contribution is -2.40. The first-order valence-corrected chi connectivity index (χ1v) is 5.54. The van der Waals surface area contributed by atoms with Gasteiger partial charge in [-0.25, -0.2) is 0 Å². The lowest BCUT2D eigenvalue weighted by molar-refractivity contribution is 0.747. The summed E-state index contributed by atoms with van der Waals surface area (Å²) in [6.07, 6.45) is 4.79. The number of amidine groups is 2. The van der Waals surface area contributed by atoms with E-state index < -0.39 is 0 Å². The Kier molecular flexibility index (Phi) is 3.38. The maximum Gasteiger partial charge on any atom is 0.164 e. The van der Waals surface area contributed by atoms with Crippen molar-refractivity contribution in [3.8, 4) is 0 Å². The Morgan fingerprint density at radius 3 is 1.71 bits per heavy atom. The predicted octanol–water partition coefficient (Wildman–Crippen LogP) is 0.550. The van der Waals surface area contributed by atoms with Crippen molar-refractivity contribution in [2.45, 2.75) is 25.7 Å². The first-order valence-electron chi connectivity index (χ1n) is 5.54. The molecule has 0 aromatic heterocycles. The molecule has 2 N–H and O–H groups in total. The van der Waals surface area contributed by atoms with Crippen molar-refractivity contribution in [1.82, 2.24) is 10.6 Å². The minimum atomic E-state index is 0.934. The highest BCUT2D eigenvalue weighted by Crippen LogP contribution is 1.98. The maximum atomic E-state index is 4.50. The molecular weight excluding hydrogens is 176 g/mol. The van der Waals surface area contributed by atoms with Crippen LogP contribution in [0.5, 0.6) is 0 Å². The third-order valence-corrected chi connectivity index (χ3v) is 2.52. The lowest BCUT2D eigenvalue weighted by atomic mass is 10.3. The number of rotatable bonds is 1. The van der Waals surface area contributed by atoms with Gasteiger partial charge < -0.3 is 10.6 Å². The lowest BCUT2D eigenvalue weighted by Gasteiger charge is -2.10. The second kappa shape index (κ2) is 4.98. The van der Waals surface area contributed by atoms with Gasteiger partial charge in [0.15, 0.2) is 11.7 Å². The number of nitrogens with zero attached hydrogens (tertiary/aromatic N) is 2. The first kappa shape index (κ1) is 9.49. The van der Waals surface area contributed by atoms with E-state index >= 15 is 0 Å². The van der Waals surface area contributed by atoms with E-state index in [2.05, 4.69) is 20.6 Å². The van der Waals surface area contributed by atoms with Crippen LogP contribution in [0.25, 0.3) is 0 Å².